The zero-order valence-corrected chi connectivity index (χ0v) is 20.3. The van der Waals surface area contributed by atoms with Crippen molar-refractivity contribution >= 4 is 34.5 Å². The summed E-state index contributed by atoms with van der Waals surface area (Å²) in [6, 6.07) is 12.9. The Labute approximate surface area is 207 Å². The number of hydrogen-bond donors (Lipinski definition) is 1. The second-order valence-corrected chi connectivity index (χ2v) is 8.75. The van der Waals surface area contributed by atoms with Crippen molar-refractivity contribution in [2.75, 3.05) is 27.1 Å². The first-order valence-electron chi connectivity index (χ1n) is 10.8. The molecule has 1 unspecified atom stereocenters. The number of fused-ring (bicyclic) bond motifs is 1. The third kappa shape index (κ3) is 4.34. The normalized spacial score (nSPS) is 17.3. The Kier molecular flexibility index (Phi) is 6.40. The fourth-order valence-corrected chi connectivity index (χ4v) is 4.56. The molecule has 0 amide bonds. The summed E-state index contributed by atoms with van der Waals surface area (Å²) in [5.41, 5.74) is 3.56. The van der Waals surface area contributed by atoms with Crippen molar-refractivity contribution in [3.63, 3.8) is 0 Å². The third-order valence-corrected chi connectivity index (χ3v) is 6.41. The fourth-order valence-electron chi connectivity index (χ4n) is 4.09. The van der Waals surface area contributed by atoms with Gasteiger partial charge in [0.1, 0.15) is 0 Å². The summed E-state index contributed by atoms with van der Waals surface area (Å²) in [5, 5.41) is 8.98. The van der Waals surface area contributed by atoms with E-state index < -0.39 is 0 Å². The Hall–Kier alpha value is -3.14. The standard InChI is InChI=1S/C24H23ClN4O4S/c1-14-20(23-27-22(28-33-23)16-6-9-18-19(12-16)32-13-31-18)21(15-4-7-17(25)8-5-15)26-24(34)29(14)10-3-11-30-2/h4-9,12,21H,3,10-11,13H2,1-2H3,(H,26,34). The highest BCUT2D eigenvalue weighted by Crippen LogP contribution is 2.39. The van der Waals surface area contributed by atoms with Crippen LogP contribution in [0.4, 0.5) is 0 Å². The fraction of sp³-hybridized carbons (Fsp3) is 0.292. The highest BCUT2D eigenvalue weighted by atomic mass is 35.5. The number of thiocarbonyl (C=S) groups is 1. The molecule has 2 aliphatic heterocycles. The number of ether oxygens (including phenoxy) is 3. The Balaban J connectivity index is 1.54. The van der Waals surface area contributed by atoms with Crippen LogP contribution in [-0.4, -0.2) is 47.2 Å². The number of benzene rings is 2. The molecule has 2 aromatic carbocycles. The maximum absolute atomic E-state index is 6.13. The highest BCUT2D eigenvalue weighted by molar-refractivity contribution is 7.80. The molecule has 0 saturated carbocycles. The van der Waals surface area contributed by atoms with Crippen LogP contribution in [0.2, 0.25) is 5.02 Å². The number of methoxy groups -OCH3 is 1. The van der Waals surface area contributed by atoms with Gasteiger partial charge >= 0.3 is 0 Å². The van der Waals surface area contributed by atoms with E-state index in [1.54, 1.807) is 7.11 Å². The average Bonchev–Trinajstić information content (AvgIpc) is 3.50. The van der Waals surface area contributed by atoms with E-state index in [1.165, 1.54) is 0 Å². The van der Waals surface area contributed by atoms with Gasteiger partial charge in [0.2, 0.25) is 12.6 Å². The van der Waals surface area contributed by atoms with E-state index in [1.807, 2.05) is 54.3 Å². The zero-order valence-electron chi connectivity index (χ0n) is 18.7. The Bertz CT molecular complexity index is 1240. The van der Waals surface area contributed by atoms with Crippen LogP contribution < -0.4 is 14.8 Å². The topological polar surface area (TPSA) is 81.9 Å². The van der Waals surface area contributed by atoms with Gasteiger partial charge in [-0.2, -0.15) is 4.98 Å². The number of nitrogens with one attached hydrogen (secondary N) is 1. The summed E-state index contributed by atoms with van der Waals surface area (Å²) in [5.74, 6) is 2.23. The van der Waals surface area contributed by atoms with E-state index in [2.05, 4.69) is 10.5 Å². The molecular formula is C24H23ClN4O4S. The summed E-state index contributed by atoms with van der Waals surface area (Å²) in [6.07, 6.45) is 0.820. The van der Waals surface area contributed by atoms with Crippen LogP contribution in [-0.2, 0) is 4.74 Å². The quantitative estimate of drug-likeness (QED) is 0.364. The molecule has 0 radical (unpaired) electrons. The summed E-state index contributed by atoms with van der Waals surface area (Å²) in [7, 11) is 1.69. The van der Waals surface area contributed by atoms with Gasteiger partial charge in [0.15, 0.2) is 16.6 Å². The van der Waals surface area contributed by atoms with E-state index in [0.29, 0.717) is 46.5 Å². The van der Waals surface area contributed by atoms with E-state index in [-0.39, 0.29) is 12.8 Å². The third-order valence-electron chi connectivity index (χ3n) is 5.82. The number of allylic oxidation sites excluding steroid dienone is 1. The molecule has 3 heterocycles. The molecule has 0 aliphatic carbocycles. The minimum Gasteiger partial charge on any atom is -0.454 e. The van der Waals surface area contributed by atoms with E-state index >= 15 is 0 Å². The van der Waals surface area contributed by atoms with Crippen molar-refractivity contribution in [3.8, 4) is 22.9 Å². The summed E-state index contributed by atoms with van der Waals surface area (Å²) in [4.78, 5) is 6.78. The average molecular weight is 499 g/mol. The van der Waals surface area contributed by atoms with Crippen LogP contribution in [0.25, 0.3) is 17.0 Å². The first-order valence-corrected chi connectivity index (χ1v) is 11.6. The molecule has 1 aromatic heterocycles. The largest absolute Gasteiger partial charge is 0.454 e. The molecule has 176 valence electrons. The van der Waals surface area contributed by atoms with Crippen molar-refractivity contribution < 1.29 is 18.7 Å². The van der Waals surface area contributed by atoms with Crippen LogP contribution in [0, 0.1) is 0 Å². The monoisotopic (exact) mass is 498 g/mol. The van der Waals surface area contributed by atoms with E-state index in [0.717, 1.165) is 28.8 Å². The molecule has 0 saturated heterocycles. The predicted molar refractivity (Wildman–Crippen MR) is 132 cm³/mol. The molecule has 34 heavy (non-hydrogen) atoms. The maximum atomic E-state index is 6.13. The second-order valence-electron chi connectivity index (χ2n) is 7.92. The van der Waals surface area contributed by atoms with Crippen molar-refractivity contribution in [2.24, 2.45) is 0 Å². The van der Waals surface area contributed by atoms with Gasteiger partial charge in [-0.15, -0.1) is 0 Å². The lowest BCUT2D eigenvalue weighted by molar-refractivity contribution is 0.174. The van der Waals surface area contributed by atoms with Crippen LogP contribution in [0.15, 0.2) is 52.7 Å². The van der Waals surface area contributed by atoms with Crippen molar-refractivity contribution in [1.82, 2.24) is 20.4 Å². The molecule has 1 N–H and O–H groups in total. The number of nitrogens with zero attached hydrogens (tertiary/aromatic N) is 3. The predicted octanol–water partition coefficient (Wildman–Crippen LogP) is 4.82. The lowest BCUT2D eigenvalue weighted by atomic mass is 9.95. The smallest absolute Gasteiger partial charge is 0.258 e. The first-order chi connectivity index (χ1) is 16.5. The molecule has 0 fully saturated rings. The van der Waals surface area contributed by atoms with Crippen LogP contribution >= 0.6 is 23.8 Å². The maximum Gasteiger partial charge on any atom is 0.258 e. The van der Waals surface area contributed by atoms with E-state index in [4.69, 9.17) is 47.5 Å². The zero-order chi connectivity index (χ0) is 23.7. The van der Waals surface area contributed by atoms with Crippen LogP contribution in [0.3, 0.4) is 0 Å². The van der Waals surface area contributed by atoms with Gasteiger partial charge < -0.3 is 29.0 Å². The summed E-state index contributed by atoms with van der Waals surface area (Å²) < 4.78 is 21.9. The van der Waals surface area contributed by atoms with Crippen molar-refractivity contribution in [3.05, 3.63) is 64.6 Å². The van der Waals surface area contributed by atoms with Gasteiger partial charge in [0.05, 0.1) is 11.6 Å². The minimum atomic E-state index is -0.270. The molecular weight excluding hydrogens is 476 g/mol. The Morgan fingerprint density at radius 3 is 2.76 bits per heavy atom. The summed E-state index contributed by atoms with van der Waals surface area (Å²) in [6.45, 7) is 3.56. The van der Waals surface area contributed by atoms with Gasteiger partial charge in [-0.05, 0) is 61.5 Å². The minimum absolute atomic E-state index is 0.204. The number of rotatable bonds is 7. The second kappa shape index (κ2) is 9.61. The van der Waals surface area contributed by atoms with Crippen molar-refractivity contribution in [2.45, 2.75) is 19.4 Å². The van der Waals surface area contributed by atoms with E-state index in [9.17, 15) is 0 Å². The number of halogens is 1. The van der Waals surface area contributed by atoms with Gasteiger partial charge in [-0.25, -0.2) is 0 Å². The van der Waals surface area contributed by atoms with Crippen LogP contribution in [0.5, 0.6) is 11.5 Å². The molecule has 2 aliphatic rings. The molecule has 10 heteroatoms. The highest BCUT2D eigenvalue weighted by Gasteiger charge is 2.34. The Morgan fingerprint density at radius 2 is 1.97 bits per heavy atom. The number of aromatic nitrogens is 2. The van der Waals surface area contributed by atoms with Gasteiger partial charge in [0, 0.05) is 36.5 Å². The van der Waals surface area contributed by atoms with Crippen LogP contribution in [0.1, 0.15) is 30.8 Å². The Morgan fingerprint density at radius 1 is 1.18 bits per heavy atom. The first kappa shape index (κ1) is 22.6. The lowest BCUT2D eigenvalue weighted by Crippen LogP contribution is -2.46. The molecule has 8 nitrogen and oxygen atoms in total. The molecule has 0 bridgehead atoms. The van der Waals surface area contributed by atoms with Crippen molar-refractivity contribution in [1.29, 1.82) is 0 Å². The van der Waals surface area contributed by atoms with Gasteiger partial charge in [-0.3, -0.25) is 0 Å². The molecule has 5 rings (SSSR count). The SMILES string of the molecule is COCCCN1C(=S)NC(c2ccc(Cl)cc2)C(c2nc(-c3ccc4c(c3)OCO4)no2)=C1C. The lowest BCUT2D eigenvalue weighted by Gasteiger charge is -2.37. The number of hydrogen-bond acceptors (Lipinski definition) is 7. The molecule has 1 atom stereocenters. The van der Waals surface area contributed by atoms with Gasteiger partial charge in [0.25, 0.3) is 5.89 Å². The molecule has 3 aromatic rings. The molecule has 0 spiro atoms. The summed E-state index contributed by atoms with van der Waals surface area (Å²) >= 11 is 11.8. The van der Waals surface area contributed by atoms with Gasteiger partial charge in [-0.1, -0.05) is 28.9 Å².